The predicted octanol–water partition coefficient (Wildman–Crippen LogP) is 5.99. The number of rotatable bonds is 1. The lowest BCUT2D eigenvalue weighted by Gasteiger charge is -2.31. The highest BCUT2D eigenvalue weighted by molar-refractivity contribution is 5.98. The zero-order valence-electron chi connectivity index (χ0n) is 18.4. The van der Waals surface area contributed by atoms with Crippen LogP contribution in [-0.4, -0.2) is 4.98 Å². The number of hydrogen-bond acceptors (Lipinski definition) is 2. The zero-order valence-corrected chi connectivity index (χ0v) is 18.4. The quantitative estimate of drug-likeness (QED) is 0.389. The van der Waals surface area contributed by atoms with Crippen LogP contribution in [0.25, 0.3) is 39.5 Å². The number of para-hydroxylation sites is 1. The number of hydrogen-bond donors (Lipinski definition) is 0. The predicted molar refractivity (Wildman–Crippen MR) is 129 cm³/mol. The minimum atomic E-state index is 0.276. The molecule has 31 heavy (non-hydrogen) atoms. The number of fused-ring (bicyclic) bond motifs is 6. The molecule has 0 spiro atoms. The maximum atomic E-state index is 6.35. The highest BCUT2D eigenvalue weighted by atomic mass is 16.3. The number of furan rings is 1. The van der Waals surface area contributed by atoms with E-state index in [1.807, 2.05) is 12.3 Å². The molecule has 2 aromatic carbocycles. The molecular formula is C29H27NO. The summed E-state index contributed by atoms with van der Waals surface area (Å²) in [6.07, 6.45) is 12.1. The molecule has 1 unspecified atom stereocenters. The van der Waals surface area contributed by atoms with Gasteiger partial charge >= 0.3 is 0 Å². The van der Waals surface area contributed by atoms with Crippen molar-refractivity contribution in [3.8, 4) is 0 Å². The van der Waals surface area contributed by atoms with Crippen LogP contribution in [0.3, 0.4) is 0 Å². The summed E-state index contributed by atoms with van der Waals surface area (Å²) in [7, 11) is 0. The fourth-order valence-corrected chi connectivity index (χ4v) is 5.24. The van der Waals surface area contributed by atoms with Crippen LogP contribution >= 0.6 is 0 Å². The van der Waals surface area contributed by atoms with Gasteiger partial charge in [0.2, 0.25) is 0 Å². The van der Waals surface area contributed by atoms with Gasteiger partial charge in [-0.25, -0.2) is 0 Å². The van der Waals surface area contributed by atoms with Crippen LogP contribution in [-0.2, 0) is 6.42 Å². The SMILES string of the molecule is CC(C)(C)C1C=Cc2c(ccc3c(C4=c5oc6ccccc6c5=CCC4)nccc23)C1. The van der Waals surface area contributed by atoms with E-state index in [9.17, 15) is 0 Å². The van der Waals surface area contributed by atoms with Crippen LogP contribution in [0.5, 0.6) is 0 Å². The average Bonchev–Trinajstić information content (AvgIpc) is 3.16. The summed E-state index contributed by atoms with van der Waals surface area (Å²) < 4.78 is 6.35. The summed E-state index contributed by atoms with van der Waals surface area (Å²) in [5.74, 6) is 0.570. The third kappa shape index (κ3) is 2.89. The Bertz CT molecular complexity index is 1490. The Hall–Kier alpha value is -3.13. The van der Waals surface area contributed by atoms with Crippen molar-refractivity contribution in [1.82, 2.24) is 4.98 Å². The van der Waals surface area contributed by atoms with Gasteiger partial charge < -0.3 is 4.42 Å². The third-order valence-corrected chi connectivity index (χ3v) is 7.06. The van der Waals surface area contributed by atoms with Gasteiger partial charge in [-0.05, 0) is 59.2 Å². The maximum absolute atomic E-state index is 6.35. The molecule has 1 atom stereocenters. The Balaban J connectivity index is 1.59. The highest BCUT2D eigenvalue weighted by Gasteiger charge is 2.26. The molecule has 0 amide bonds. The monoisotopic (exact) mass is 405 g/mol. The Morgan fingerprint density at radius 1 is 0.968 bits per heavy atom. The molecule has 2 aliphatic carbocycles. The van der Waals surface area contributed by atoms with Crippen LogP contribution in [0.15, 0.2) is 59.2 Å². The summed E-state index contributed by atoms with van der Waals surface area (Å²) >= 11 is 0. The molecule has 4 aromatic rings. The first-order valence-electron chi connectivity index (χ1n) is 11.3. The van der Waals surface area contributed by atoms with Gasteiger partial charge in [-0.15, -0.1) is 0 Å². The van der Waals surface area contributed by atoms with Gasteiger partial charge in [-0.3, -0.25) is 4.98 Å². The van der Waals surface area contributed by atoms with E-state index in [2.05, 4.69) is 75.4 Å². The van der Waals surface area contributed by atoms with Gasteiger partial charge in [-0.1, -0.05) is 69.3 Å². The molecular weight excluding hydrogens is 378 g/mol. The smallest absolute Gasteiger partial charge is 0.140 e. The number of nitrogens with zero attached hydrogens (tertiary/aromatic N) is 1. The van der Waals surface area contributed by atoms with Crippen LogP contribution in [0.2, 0.25) is 0 Å². The van der Waals surface area contributed by atoms with Crippen molar-refractivity contribution in [2.24, 2.45) is 11.3 Å². The molecule has 0 saturated heterocycles. The van der Waals surface area contributed by atoms with E-state index in [4.69, 9.17) is 9.40 Å². The Kier molecular flexibility index (Phi) is 4.02. The van der Waals surface area contributed by atoms with Gasteiger partial charge in [0.1, 0.15) is 11.0 Å². The van der Waals surface area contributed by atoms with Crippen LogP contribution < -0.4 is 10.6 Å². The second-order valence-electron chi connectivity index (χ2n) is 9.99. The van der Waals surface area contributed by atoms with Crippen molar-refractivity contribution in [2.75, 3.05) is 0 Å². The molecule has 0 bridgehead atoms. The molecule has 2 heteroatoms. The lowest BCUT2D eigenvalue weighted by molar-refractivity contribution is 0.291. The summed E-state index contributed by atoms with van der Waals surface area (Å²) in [6.45, 7) is 6.99. The number of allylic oxidation sites excluding steroid dienone is 1. The molecule has 2 nitrogen and oxygen atoms in total. The van der Waals surface area contributed by atoms with Gasteiger partial charge in [0.15, 0.2) is 0 Å². The summed E-state index contributed by atoms with van der Waals surface area (Å²) in [5, 5.41) is 4.94. The minimum Gasteiger partial charge on any atom is -0.456 e. The van der Waals surface area contributed by atoms with Crippen LogP contribution in [0, 0.1) is 11.3 Å². The van der Waals surface area contributed by atoms with Crippen LogP contribution in [0.4, 0.5) is 0 Å². The third-order valence-electron chi connectivity index (χ3n) is 7.06. The second-order valence-corrected chi connectivity index (χ2v) is 9.99. The first kappa shape index (κ1) is 18.6. The van der Waals surface area contributed by atoms with E-state index in [0.717, 1.165) is 36.0 Å². The largest absolute Gasteiger partial charge is 0.456 e. The number of pyridine rings is 1. The van der Waals surface area contributed by atoms with Crippen molar-refractivity contribution < 1.29 is 4.42 Å². The second kappa shape index (κ2) is 6.68. The molecule has 2 heterocycles. The topological polar surface area (TPSA) is 26.0 Å². The van der Waals surface area contributed by atoms with Gasteiger partial charge in [0, 0.05) is 27.8 Å². The maximum Gasteiger partial charge on any atom is 0.140 e. The molecule has 2 aromatic heterocycles. The first-order valence-corrected chi connectivity index (χ1v) is 11.3. The van der Waals surface area contributed by atoms with Crippen molar-refractivity contribution in [3.05, 3.63) is 82.2 Å². The van der Waals surface area contributed by atoms with Crippen LogP contribution in [0.1, 0.15) is 50.4 Å². The molecule has 0 N–H and O–H groups in total. The van der Waals surface area contributed by atoms with Gasteiger partial charge in [0.05, 0.1) is 5.69 Å². The van der Waals surface area contributed by atoms with E-state index in [1.54, 1.807) is 0 Å². The van der Waals surface area contributed by atoms with E-state index in [-0.39, 0.29) is 5.41 Å². The molecule has 154 valence electrons. The summed E-state index contributed by atoms with van der Waals surface area (Å²) in [5.41, 5.74) is 7.32. The fourth-order valence-electron chi connectivity index (χ4n) is 5.24. The molecule has 0 radical (unpaired) electrons. The molecule has 0 fully saturated rings. The first-order chi connectivity index (χ1) is 15.0. The fraction of sp³-hybridized carbons (Fsp3) is 0.276. The molecule has 0 aliphatic heterocycles. The normalized spacial score (nSPS) is 18.2. The highest BCUT2D eigenvalue weighted by Crippen LogP contribution is 2.38. The molecule has 6 rings (SSSR count). The average molecular weight is 406 g/mol. The lowest BCUT2D eigenvalue weighted by atomic mass is 9.73. The number of benzene rings is 2. The lowest BCUT2D eigenvalue weighted by Crippen LogP contribution is -2.27. The van der Waals surface area contributed by atoms with E-state index in [1.165, 1.54) is 38.1 Å². The van der Waals surface area contributed by atoms with E-state index in [0.29, 0.717) is 5.92 Å². The van der Waals surface area contributed by atoms with Crippen molar-refractivity contribution >= 4 is 39.5 Å². The van der Waals surface area contributed by atoms with Gasteiger partial charge in [0.25, 0.3) is 0 Å². The Labute approximate surface area is 182 Å². The van der Waals surface area contributed by atoms with Crippen molar-refractivity contribution in [3.63, 3.8) is 0 Å². The zero-order chi connectivity index (χ0) is 21.2. The van der Waals surface area contributed by atoms with E-state index >= 15 is 0 Å². The number of aromatic nitrogens is 1. The van der Waals surface area contributed by atoms with E-state index < -0.39 is 0 Å². The molecule has 2 aliphatic rings. The Morgan fingerprint density at radius 3 is 2.71 bits per heavy atom. The standard InChI is InChI=1S/C29H27NO/c1-29(2,3)19-12-14-20-18(17-19)11-13-23-21(20)15-16-30-27(23)25-9-6-8-24-22-7-4-5-10-26(22)31-28(24)25/h4-5,7-8,10-16,19H,6,9,17H2,1-3H3. The van der Waals surface area contributed by atoms with Gasteiger partial charge in [-0.2, -0.15) is 0 Å². The minimum absolute atomic E-state index is 0.276. The Morgan fingerprint density at radius 2 is 1.84 bits per heavy atom. The summed E-state index contributed by atoms with van der Waals surface area (Å²) in [6, 6.07) is 15.1. The molecule has 0 saturated carbocycles. The summed E-state index contributed by atoms with van der Waals surface area (Å²) in [4.78, 5) is 4.87. The van der Waals surface area contributed by atoms with Crippen molar-refractivity contribution in [2.45, 2.75) is 40.0 Å². The van der Waals surface area contributed by atoms with Crippen molar-refractivity contribution in [1.29, 1.82) is 0 Å².